The number of nitro groups is 1. The van der Waals surface area contributed by atoms with Gasteiger partial charge in [-0.3, -0.25) is 10.1 Å². The summed E-state index contributed by atoms with van der Waals surface area (Å²) in [6.45, 7) is 6.67. The van der Waals surface area contributed by atoms with Crippen LogP contribution in [0.15, 0.2) is 0 Å². The molecule has 0 radical (unpaired) electrons. The van der Waals surface area contributed by atoms with Gasteiger partial charge in [-0.05, 0) is 32.2 Å². The van der Waals surface area contributed by atoms with Crippen LogP contribution in [0.2, 0.25) is 0 Å². The first-order valence-electron chi connectivity index (χ1n) is 6.75. The molecule has 7 nitrogen and oxygen atoms in total. The fourth-order valence-corrected chi connectivity index (χ4v) is 2.67. The van der Waals surface area contributed by atoms with Gasteiger partial charge >= 0.3 is 5.69 Å². The zero-order chi connectivity index (χ0) is 14.0. The van der Waals surface area contributed by atoms with Gasteiger partial charge in [0.05, 0.1) is 4.92 Å². The van der Waals surface area contributed by atoms with Crippen molar-refractivity contribution in [2.45, 2.75) is 33.2 Å². The number of hydrogen-bond donors (Lipinski definition) is 1. The maximum atomic E-state index is 11.3. The highest BCUT2D eigenvalue weighted by molar-refractivity contribution is 5.61. The molecule has 1 unspecified atom stereocenters. The third kappa shape index (κ3) is 2.56. The number of hydrogen-bond acceptors (Lipinski definition) is 5. The fourth-order valence-electron chi connectivity index (χ4n) is 2.67. The lowest BCUT2D eigenvalue weighted by atomic mass is 10.1. The van der Waals surface area contributed by atoms with Crippen LogP contribution in [0.25, 0.3) is 0 Å². The highest BCUT2D eigenvalue weighted by Crippen LogP contribution is 2.34. The molecule has 0 aromatic carbocycles. The smallest absolute Gasteiger partial charge is 0.333 e. The van der Waals surface area contributed by atoms with Crippen molar-refractivity contribution in [3.8, 4) is 0 Å². The van der Waals surface area contributed by atoms with Crippen LogP contribution in [0, 0.1) is 23.0 Å². The molecule has 19 heavy (non-hydrogen) atoms. The summed E-state index contributed by atoms with van der Waals surface area (Å²) in [6, 6.07) is 0. The number of nitrogens with zero attached hydrogens (tertiary/aromatic N) is 4. The van der Waals surface area contributed by atoms with Gasteiger partial charge in [-0.25, -0.2) is 4.68 Å². The van der Waals surface area contributed by atoms with Crippen LogP contribution in [-0.2, 0) is 6.54 Å². The Labute approximate surface area is 112 Å². The number of anilines is 1. The van der Waals surface area contributed by atoms with Gasteiger partial charge in [0.25, 0.3) is 0 Å². The van der Waals surface area contributed by atoms with E-state index in [0.717, 1.165) is 25.9 Å². The SMILES string of the molecule is CCCn1nc(C)c([N+](=O)[O-])c1N1CCC(CN)C1. The molecule has 1 atom stereocenters. The second-order valence-electron chi connectivity index (χ2n) is 5.07. The van der Waals surface area contributed by atoms with Crippen molar-refractivity contribution in [3.05, 3.63) is 15.8 Å². The average molecular weight is 267 g/mol. The Balaban J connectivity index is 2.38. The summed E-state index contributed by atoms with van der Waals surface area (Å²) in [6.07, 6.45) is 1.89. The van der Waals surface area contributed by atoms with Crippen molar-refractivity contribution in [2.75, 3.05) is 24.5 Å². The van der Waals surface area contributed by atoms with Crippen LogP contribution >= 0.6 is 0 Å². The van der Waals surface area contributed by atoms with E-state index >= 15 is 0 Å². The Morgan fingerprint density at radius 3 is 2.84 bits per heavy atom. The normalized spacial score (nSPS) is 19.1. The van der Waals surface area contributed by atoms with Crippen molar-refractivity contribution < 1.29 is 4.92 Å². The molecule has 1 aromatic rings. The number of aromatic nitrogens is 2. The lowest BCUT2D eigenvalue weighted by molar-refractivity contribution is -0.384. The van der Waals surface area contributed by atoms with Gasteiger partial charge in [-0.15, -0.1) is 0 Å². The van der Waals surface area contributed by atoms with E-state index in [0.29, 0.717) is 30.5 Å². The Hall–Kier alpha value is -1.63. The lowest BCUT2D eigenvalue weighted by Crippen LogP contribution is -2.25. The topological polar surface area (TPSA) is 90.2 Å². The molecule has 2 rings (SSSR count). The molecule has 7 heteroatoms. The minimum Gasteiger partial charge on any atom is -0.351 e. The Morgan fingerprint density at radius 1 is 1.58 bits per heavy atom. The van der Waals surface area contributed by atoms with Gasteiger partial charge in [0.1, 0.15) is 5.69 Å². The second kappa shape index (κ2) is 5.56. The van der Waals surface area contributed by atoms with Crippen LogP contribution in [0.4, 0.5) is 11.5 Å². The molecular weight excluding hydrogens is 246 g/mol. The van der Waals surface area contributed by atoms with Crippen LogP contribution in [0.1, 0.15) is 25.5 Å². The molecule has 2 N–H and O–H groups in total. The van der Waals surface area contributed by atoms with E-state index < -0.39 is 0 Å². The molecule has 1 aliphatic heterocycles. The van der Waals surface area contributed by atoms with Crippen LogP contribution in [0.3, 0.4) is 0 Å². The highest BCUT2D eigenvalue weighted by atomic mass is 16.6. The molecule has 0 spiro atoms. The van der Waals surface area contributed by atoms with Gasteiger partial charge in [0, 0.05) is 19.6 Å². The van der Waals surface area contributed by atoms with Crippen molar-refractivity contribution in [3.63, 3.8) is 0 Å². The quantitative estimate of drug-likeness (QED) is 0.641. The van der Waals surface area contributed by atoms with Crippen LogP contribution < -0.4 is 10.6 Å². The van der Waals surface area contributed by atoms with Gasteiger partial charge in [-0.2, -0.15) is 5.10 Å². The number of nitrogens with two attached hydrogens (primary N) is 1. The first kappa shape index (κ1) is 13.8. The predicted molar refractivity (Wildman–Crippen MR) is 73.3 cm³/mol. The van der Waals surface area contributed by atoms with Gasteiger partial charge < -0.3 is 10.6 Å². The van der Waals surface area contributed by atoms with Crippen molar-refractivity contribution >= 4 is 11.5 Å². The molecule has 1 aliphatic rings. The third-order valence-electron chi connectivity index (χ3n) is 3.61. The molecule has 106 valence electrons. The summed E-state index contributed by atoms with van der Waals surface area (Å²) in [4.78, 5) is 13.0. The maximum absolute atomic E-state index is 11.3. The van der Waals surface area contributed by atoms with E-state index in [9.17, 15) is 10.1 Å². The minimum absolute atomic E-state index is 0.145. The second-order valence-corrected chi connectivity index (χ2v) is 5.07. The molecule has 0 aliphatic carbocycles. The van der Waals surface area contributed by atoms with Crippen LogP contribution in [-0.4, -0.2) is 34.3 Å². The van der Waals surface area contributed by atoms with Crippen molar-refractivity contribution in [1.82, 2.24) is 9.78 Å². The zero-order valence-corrected chi connectivity index (χ0v) is 11.5. The summed E-state index contributed by atoms with van der Waals surface area (Å²) in [5.74, 6) is 1.07. The van der Waals surface area contributed by atoms with E-state index in [2.05, 4.69) is 10.00 Å². The Kier molecular flexibility index (Phi) is 4.04. The molecule has 2 heterocycles. The predicted octanol–water partition coefficient (Wildman–Crippen LogP) is 1.29. The fraction of sp³-hybridized carbons (Fsp3) is 0.750. The maximum Gasteiger partial charge on any atom is 0.333 e. The van der Waals surface area contributed by atoms with E-state index in [-0.39, 0.29) is 10.6 Å². The number of aryl methyl sites for hydroxylation is 2. The van der Waals surface area contributed by atoms with E-state index in [1.807, 2.05) is 6.92 Å². The standard InChI is InChI=1S/C12H21N5O2/c1-3-5-16-12(11(17(18)19)9(2)14-16)15-6-4-10(7-13)8-15/h10H,3-8,13H2,1-2H3. The summed E-state index contributed by atoms with van der Waals surface area (Å²) in [7, 11) is 0. The molecule has 0 saturated carbocycles. The Morgan fingerprint density at radius 2 is 2.32 bits per heavy atom. The summed E-state index contributed by atoms with van der Waals surface area (Å²) in [5.41, 5.74) is 6.33. The largest absolute Gasteiger partial charge is 0.351 e. The van der Waals surface area contributed by atoms with Gasteiger partial charge in [-0.1, -0.05) is 6.92 Å². The monoisotopic (exact) mass is 267 g/mol. The zero-order valence-electron chi connectivity index (χ0n) is 11.5. The molecular formula is C12H21N5O2. The summed E-state index contributed by atoms with van der Waals surface area (Å²) < 4.78 is 1.77. The first-order valence-corrected chi connectivity index (χ1v) is 6.75. The summed E-state index contributed by atoms with van der Waals surface area (Å²) in [5, 5.41) is 15.6. The molecule has 0 amide bonds. The Bertz CT molecular complexity index is 471. The molecule has 1 aromatic heterocycles. The molecule has 0 bridgehead atoms. The average Bonchev–Trinajstić information content (AvgIpc) is 2.93. The van der Waals surface area contributed by atoms with E-state index in [4.69, 9.17) is 5.73 Å². The van der Waals surface area contributed by atoms with Crippen molar-refractivity contribution in [1.29, 1.82) is 0 Å². The van der Waals surface area contributed by atoms with Crippen molar-refractivity contribution in [2.24, 2.45) is 11.7 Å². The van der Waals surface area contributed by atoms with E-state index in [1.54, 1.807) is 11.6 Å². The minimum atomic E-state index is -0.320. The molecule has 1 fully saturated rings. The number of rotatable bonds is 5. The lowest BCUT2D eigenvalue weighted by Gasteiger charge is -2.18. The summed E-state index contributed by atoms with van der Waals surface area (Å²) >= 11 is 0. The third-order valence-corrected chi connectivity index (χ3v) is 3.61. The van der Waals surface area contributed by atoms with Gasteiger partial charge in [0.15, 0.2) is 0 Å². The van der Waals surface area contributed by atoms with Crippen LogP contribution in [0.5, 0.6) is 0 Å². The van der Waals surface area contributed by atoms with Gasteiger partial charge in [0.2, 0.25) is 5.82 Å². The molecule has 1 saturated heterocycles. The van der Waals surface area contributed by atoms with E-state index in [1.165, 1.54) is 0 Å². The first-order chi connectivity index (χ1) is 9.08. The highest BCUT2D eigenvalue weighted by Gasteiger charge is 2.33.